The summed E-state index contributed by atoms with van der Waals surface area (Å²) in [4.78, 5) is 4.51. The summed E-state index contributed by atoms with van der Waals surface area (Å²) in [7, 11) is 1.64. The van der Waals surface area contributed by atoms with Crippen LogP contribution in [-0.2, 0) is 13.1 Å². The van der Waals surface area contributed by atoms with E-state index >= 15 is 0 Å². The second-order valence-electron chi connectivity index (χ2n) is 6.87. The fourth-order valence-corrected chi connectivity index (χ4v) is 4.30. The zero-order valence-electron chi connectivity index (χ0n) is 15.8. The topological polar surface area (TPSA) is 21.7 Å². The number of ether oxygens (including phenoxy) is 2. The summed E-state index contributed by atoms with van der Waals surface area (Å²) in [6.45, 7) is 4.18. The Hall–Kier alpha value is -2.44. The summed E-state index contributed by atoms with van der Waals surface area (Å²) in [5.41, 5.74) is 2.55. The molecule has 0 saturated heterocycles. The lowest BCUT2D eigenvalue weighted by Gasteiger charge is -2.20. The molecule has 0 amide bonds. The highest BCUT2D eigenvalue weighted by Crippen LogP contribution is 2.40. The molecule has 4 rings (SSSR count). The van der Waals surface area contributed by atoms with E-state index in [1.165, 1.54) is 21.9 Å². The van der Waals surface area contributed by atoms with Crippen LogP contribution >= 0.6 is 11.3 Å². The van der Waals surface area contributed by atoms with Crippen LogP contribution < -0.4 is 9.47 Å². The molecule has 0 atom stereocenters. The Bertz CT molecular complexity index is 1000. The minimum absolute atomic E-state index is 0.388. The fraction of sp³-hybridized carbons (Fsp3) is 0.273. The number of hydrogen-bond acceptors (Lipinski definition) is 4. The third-order valence-corrected chi connectivity index (χ3v) is 5.88. The number of benzene rings is 2. The van der Waals surface area contributed by atoms with Crippen molar-refractivity contribution < 1.29 is 18.3 Å². The lowest BCUT2D eigenvalue weighted by Crippen LogP contribution is -2.25. The van der Waals surface area contributed by atoms with Crippen molar-refractivity contribution >= 4 is 11.3 Å². The average Bonchev–Trinajstić information content (AvgIpc) is 3.00. The van der Waals surface area contributed by atoms with Crippen LogP contribution in [0.3, 0.4) is 0 Å². The van der Waals surface area contributed by atoms with Gasteiger partial charge >= 0.3 is 0 Å². The number of aryl methyl sites for hydroxylation is 1. The molecule has 0 fully saturated rings. The van der Waals surface area contributed by atoms with Crippen molar-refractivity contribution in [3.05, 3.63) is 70.1 Å². The highest BCUT2D eigenvalue weighted by molar-refractivity contribution is 7.15. The van der Waals surface area contributed by atoms with E-state index in [1.807, 2.05) is 6.07 Å². The minimum Gasteiger partial charge on any atom is -0.493 e. The maximum atomic E-state index is 14.1. The first-order chi connectivity index (χ1) is 13.5. The normalized spacial score (nSPS) is 14.3. The second kappa shape index (κ2) is 7.89. The van der Waals surface area contributed by atoms with Crippen LogP contribution in [0.4, 0.5) is 8.78 Å². The van der Waals surface area contributed by atoms with Gasteiger partial charge in [-0.1, -0.05) is 6.07 Å². The van der Waals surface area contributed by atoms with E-state index in [-0.39, 0.29) is 0 Å². The molecule has 1 aliphatic rings. The van der Waals surface area contributed by atoms with E-state index in [9.17, 15) is 8.78 Å². The predicted octanol–water partition coefficient (Wildman–Crippen LogP) is 5.40. The molecule has 0 aliphatic carbocycles. The highest BCUT2D eigenvalue weighted by Gasteiger charge is 2.21. The number of hydrogen-bond donors (Lipinski definition) is 0. The molecule has 2 heterocycles. The average molecular weight is 401 g/mol. The van der Waals surface area contributed by atoms with Gasteiger partial charge in [-0.15, -0.1) is 11.3 Å². The molecular formula is C22H21F2NO2S. The Balaban J connectivity index is 1.66. The van der Waals surface area contributed by atoms with Crippen LogP contribution in [0.2, 0.25) is 0 Å². The first kappa shape index (κ1) is 18.9. The molecule has 1 aliphatic heterocycles. The van der Waals surface area contributed by atoms with Gasteiger partial charge in [0.2, 0.25) is 0 Å². The second-order valence-corrected chi connectivity index (χ2v) is 8.16. The Labute approximate surface area is 167 Å². The van der Waals surface area contributed by atoms with Crippen LogP contribution in [-0.4, -0.2) is 25.2 Å². The first-order valence-electron chi connectivity index (χ1n) is 9.10. The van der Waals surface area contributed by atoms with Crippen LogP contribution in [0, 0.1) is 18.6 Å². The van der Waals surface area contributed by atoms with Crippen LogP contribution in [0.15, 0.2) is 42.5 Å². The number of nitrogens with zero attached hydrogens (tertiary/aromatic N) is 1. The zero-order valence-corrected chi connectivity index (χ0v) is 16.6. The van der Waals surface area contributed by atoms with Gasteiger partial charge in [-0.3, -0.25) is 4.90 Å². The highest BCUT2D eigenvalue weighted by atomic mass is 32.1. The molecule has 0 spiro atoms. The summed E-state index contributed by atoms with van der Waals surface area (Å²) in [5.74, 6) is 0.354. The van der Waals surface area contributed by atoms with Gasteiger partial charge < -0.3 is 9.47 Å². The van der Waals surface area contributed by atoms with E-state index in [2.05, 4.69) is 30.0 Å². The number of fused-ring (bicyclic) bond motifs is 1. The minimum atomic E-state index is -0.564. The molecule has 146 valence electrons. The summed E-state index contributed by atoms with van der Waals surface area (Å²) in [5, 5.41) is 0. The fourth-order valence-electron chi connectivity index (χ4n) is 3.45. The third-order valence-electron chi connectivity index (χ3n) is 4.83. The van der Waals surface area contributed by atoms with Gasteiger partial charge in [0.15, 0.2) is 11.5 Å². The molecule has 1 aromatic heterocycles. The summed E-state index contributed by atoms with van der Waals surface area (Å²) < 4.78 is 38.8. The lowest BCUT2D eigenvalue weighted by atomic mass is 10.1. The maximum Gasteiger partial charge on any atom is 0.165 e. The van der Waals surface area contributed by atoms with Gasteiger partial charge in [-0.2, -0.15) is 0 Å². The van der Waals surface area contributed by atoms with Gasteiger partial charge in [0.25, 0.3) is 0 Å². The summed E-state index contributed by atoms with van der Waals surface area (Å²) in [6, 6.07) is 12.0. The van der Waals surface area contributed by atoms with E-state index < -0.39 is 11.6 Å². The number of rotatable bonds is 4. The zero-order chi connectivity index (χ0) is 19.7. The third kappa shape index (κ3) is 3.88. The van der Waals surface area contributed by atoms with Crippen LogP contribution in [0.25, 0.3) is 10.4 Å². The van der Waals surface area contributed by atoms with Gasteiger partial charge in [-0.05, 0) is 42.8 Å². The van der Waals surface area contributed by atoms with E-state index in [4.69, 9.17) is 9.47 Å². The molecule has 3 aromatic rings. The van der Waals surface area contributed by atoms with Crippen molar-refractivity contribution in [1.82, 2.24) is 4.90 Å². The Morgan fingerprint density at radius 2 is 2.00 bits per heavy atom. The number of halogens is 2. The van der Waals surface area contributed by atoms with Gasteiger partial charge in [-0.25, -0.2) is 8.78 Å². The van der Waals surface area contributed by atoms with E-state index in [1.54, 1.807) is 18.4 Å². The van der Waals surface area contributed by atoms with Crippen molar-refractivity contribution in [2.45, 2.75) is 20.0 Å². The Morgan fingerprint density at radius 3 is 2.71 bits per heavy atom. The molecule has 6 heteroatoms. The maximum absolute atomic E-state index is 14.1. The Kier molecular flexibility index (Phi) is 5.33. The van der Waals surface area contributed by atoms with Crippen LogP contribution in [0.1, 0.15) is 16.0 Å². The van der Waals surface area contributed by atoms with Crippen LogP contribution in [0.5, 0.6) is 11.5 Å². The monoisotopic (exact) mass is 401 g/mol. The molecule has 0 unspecified atom stereocenters. The van der Waals surface area contributed by atoms with Crippen molar-refractivity contribution in [3.63, 3.8) is 0 Å². The largest absolute Gasteiger partial charge is 0.493 e. The molecule has 0 bridgehead atoms. The number of methoxy groups -OCH3 is 1. The van der Waals surface area contributed by atoms with Crippen molar-refractivity contribution in [1.29, 1.82) is 0 Å². The van der Waals surface area contributed by atoms with Gasteiger partial charge in [0.05, 0.1) is 7.11 Å². The van der Waals surface area contributed by atoms with Gasteiger partial charge in [0, 0.05) is 46.6 Å². The lowest BCUT2D eigenvalue weighted by molar-refractivity contribution is 0.215. The standard InChI is InChI=1S/C22H21F2NO2S/c1-14-3-6-21(28-14)16-9-17-13-25(7-8-27-22(17)20(10-16)26-2)12-15-4-5-18(23)11-19(15)24/h3-6,9-11H,7-8,12-13H2,1-2H3. The smallest absolute Gasteiger partial charge is 0.165 e. The quantitative estimate of drug-likeness (QED) is 0.584. The summed E-state index contributed by atoms with van der Waals surface area (Å²) >= 11 is 1.73. The molecule has 0 saturated carbocycles. The van der Waals surface area contributed by atoms with E-state index in [0.29, 0.717) is 37.6 Å². The molecular weight excluding hydrogens is 380 g/mol. The molecule has 0 radical (unpaired) electrons. The van der Waals surface area contributed by atoms with E-state index in [0.717, 1.165) is 22.9 Å². The van der Waals surface area contributed by atoms with Crippen molar-refractivity contribution in [3.8, 4) is 21.9 Å². The molecule has 28 heavy (non-hydrogen) atoms. The summed E-state index contributed by atoms with van der Waals surface area (Å²) in [6.07, 6.45) is 0. The van der Waals surface area contributed by atoms with Crippen molar-refractivity contribution in [2.75, 3.05) is 20.3 Å². The van der Waals surface area contributed by atoms with Crippen molar-refractivity contribution in [2.24, 2.45) is 0 Å². The SMILES string of the molecule is COc1cc(-c2ccc(C)s2)cc2c1OCCN(Cc1ccc(F)cc1F)C2. The molecule has 2 aromatic carbocycles. The molecule has 0 N–H and O–H groups in total. The van der Waals surface area contributed by atoms with Gasteiger partial charge in [0.1, 0.15) is 18.2 Å². The predicted molar refractivity (Wildman–Crippen MR) is 107 cm³/mol. The first-order valence-corrected chi connectivity index (χ1v) is 9.92. The number of thiophene rings is 1. The molecule has 3 nitrogen and oxygen atoms in total. The Morgan fingerprint density at radius 1 is 1.14 bits per heavy atom.